The molecule has 2 heterocycles. The lowest BCUT2D eigenvalue weighted by molar-refractivity contribution is 0.174. The van der Waals surface area contributed by atoms with Crippen LogP contribution in [0.1, 0.15) is 17.2 Å². The molecular weight excluding hydrogens is 168 g/mol. The van der Waals surface area contributed by atoms with Gasteiger partial charge >= 0.3 is 0 Å². The van der Waals surface area contributed by atoms with Crippen LogP contribution < -0.4 is 9.47 Å². The maximum Gasteiger partial charge on any atom is 0.231 e. The molecule has 3 heteroatoms. The van der Waals surface area contributed by atoms with Crippen LogP contribution in [0.5, 0.6) is 11.5 Å². The predicted octanol–water partition coefficient (Wildman–Crippen LogP) is 1.80. The van der Waals surface area contributed by atoms with Crippen LogP contribution in [0.2, 0.25) is 0 Å². The third-order valence-corrected chi connectivity index (χ3v) is 2.44. The summed E-state index contributed by atoms with van der Waals surface area (Å²) in [6.45, 7) is 3.24. The maximum atomic E-state index is 5.29. The maximum absolute atomic E-state index is 5.29. The number of hydrogen-bond acceptors (Lipinski definition) is 3. The molecule has 0 bridgehead atoms. The molecule has 3 nitrogen and oxygen atoms in total. The van der Waals surface area contributed by atoms with Gasteiger partial charge in [-0.05, 0) is 30.2 Å². The molecule has 13 heavy (non-hydrogen) atoms. The van der Waals surface area contributed by atoms with E-state index in [1.165, 1.54) is 11.1 Å². The Balaban J connectivity index is 2.10. The summed E-state index contributed by atoms with van der Waals surface area (Å²) < 4.78 is 15.8. The topological polar surface area (TPSA) is 31.0 Å². The number of aryl methyl sites for hydroxylation is 1. The second-order valence-corrected chi connectivity index (χ2v) is 3.38. The Bertz CT molecular complexity index is 355. The molecule has 1 atom stereocenters. The van der Waals surface area contributed by atoms with E-state index in [1.807, 2.05) is 12.1 Å². The number of ether oxygens (including phenoxy) is 3. The van der Waals surface area contributed by atoms with Crippen molar-refractivity contribution in [3.63, 3.8) is 0 Å². The van der Waals surface area contributed by atoms with Gasteiger partial charge in [-0.25, -0.2) is 0 Å². The third-order valence-electron chi connectivity index (χ3n) is 2.44. The largest absolute Gasteiger partial charge is 0.454 e. The molecule has 0 amide bonds. The van der Waals surface area contributed by atoms with Crippen LogP contribution in [-0.2, 0) is 4.74 Å². The second-order valence-electron chi connectivity index (χ2n) is 3.38. The molecule has 2 aliphatic heterocycles. The minimum atomic E-state index is 0.287. The standard InChI is InChI=1S/C10H10O3/c1-6-2-8-9(13-5-12-8)3-7(6)10-4-11-10/h2-3,10H,4-5H2,1H3. The quantitative estimate of drug-likeness (QED) is 0.614. The van der Waals surface area contributed by atoms with Crippen molar-refractivity contribution in [3.8, 4) is 11.5 Å². The van der Waals surface area contributed by atoms with Crippen LogP contribution in [0.4, 0.5) is 0 Å². The molecule has 3 rings (SSSR count). The number of hydrogen-bond donors (Lipinski definition) is 0. The minimum Gasteiger partial charge on any atom is -0.454 e. The van der Waals surface area contributed by atoms with Crippen LogP contribution in [-0.4, -0.2) is 13.4 Å². The zero-order valence-corrected chi connectivity index (χ0v) is 7.37. The Morgan fingerprint density at radius 1 is 1.23 bits per heavy atom. The Morgan fingerprint density at radius 3 is 2.62 bits per heavy atom. The van der Waals surface area contributed by atoms with Crippen molar-refractivity contribution in [2.24, 2.45) is 0 Å². The number of benzene rings is 1. The zero-order valence-electron chi connectivity index (χ0n) is 7.37. The molecule has 0 N–H and O–H groups in total. The normalized spacial score (nSPS) is 23.3. The molecule has 1 aromatic rings. The van der Waals surface area contributed by atoms with Gasteiger partial charge in [-0.1, -0.05) is 0 Å². The number of fused-ring (bicyclic) bond motifs is 1. The van der Waals surface area contributed by atoms with Gasteiger partial charge in [-0.3, -0.25) is 0 Å². The van der Waals surface area contributed by atoms with E-state index in [-0.39, 0.29) is 6.10 Å². The van der Waals surface area contributed by atoms with Crippen molar-refractivity contribution >= 4 is 0 Å². The molecule has 0 saturated carbocycles. The fraction of sp³-hybridized carbons (Fsp3) is 0.400. The van der Waals surface area contributed by atoms with Gasteiger partial charge < -0.3 is 14.2 Å². The summed E-state index contributed by atoms with van der Waals surface area (Å²) in [5.41, 5.74) is 2.44. The zero-order chi connectivity index (χ0) is 8.84. The Kier molecular flexibility index (Phi) is 1.32. The van der Waals surface area contributed by atoms with E-state index in [0.717, 1.165) is 18.1 Å². The fourth-order valence-electron chi connectivity index (χ4n) is 1.63. The van der Waals surface area contributed by atoms with Crippen LogP contribution in [0.15, 0.2) is 12.1 Å². The smallest absolute Gasteiger partial charge is 0.231 e. The lowest BCUT2D eigenvalue weighted by Gasteiger charge is -2.03. The van der Waals surface area contributed by atoms with E-state index in [9.17, 15) is 0 Å². The highest BCUT2D eigenvalue weighted by Gasteiger charge is 2.28. The van der Waals surface area contributed by atoms with Crippen molar-refractivity contribution in [2.75, 3.05) is 13.4 Å². The summed E-state index contributed by atoms with van der Waals surface area (Å²) in [5.74, 6) is 1.69. The first-order valence-electron chi connectivity index (χ1n) is 4.36. The van der Waals surface area contributed by atoms with Crippen LogP contribution in [0, 0.1) is 6.92 Å². The van der Waals surface area contributed by atoms with Gasteiger partial charge in [0.15, 0.2) is 11.5 Å². The summed E-state index contributed by atoms with van der Waals surface area (Å²) in [6, 6.07) is 4.04. The van der Waals surface area contributed by atoms with Gasteiger partial charge in [0.2, 0.25) is 6.79 Å². The first-order valence-corrected chi connectivity index (χ1v) is 4.36. The molecule has 1 aromatic carbocycles. The van der Waals surface area contributed by atoms with E-state index >= 15 is 0 Å². The molecule has 0 spiro atoms. The van der Waals surface area contributed by atoms with Crippen molar-refractivity contribution in [2.45, 2.75) is 13.0 Å². The summed E-state index contributed by atoms with van der Waals surface area (Å²) >= 11 is 0. The van der Waals surface area contributed by atoms with E-state index in [1.54, 1.807) is 0 Å². The molecular formula is C10H10O3. The van der Waals surface area contributed by atoms with Gasteiger partial charge in [0.05, 0.1) is 6.61 Å². The summed E-state index contributed by atoms with van der Waals surface area (Å²) in [6.07, 6.45) is 0.287. The highest BCUT2D eigenvalue weighted by atomic mass is 16.7. The predicted molar refractivity (Wildman–Crippen MR) is 46.0 cm³/mol. The van der Waals surface area contributed by atoms with Gasteiger partial charge in [0.25, 0.3) is 0 Å². The highest BCUT2D eigenvalue weighted by molar-refractivity contribution is 5.49. The van der Waals surface area contributed by atoms with Crippen LogP contribution in [0.3, 0.4) is 0 Å². The molecule has 2 aliphatic rings. The van der Waals surface area contributed by atoms with Gasteiger partial charge in [0, 0.05) is 0 Å². The van der Waals surface area contributed by atoms with Gasteiger partial charge in [-0.2, -0.15) is 0 Å². The molecule has 1 saturated heterocycles. The number of rotatable bonds is 1. The van der Waals surface area contributed by atoms with E-state index < -0.39 is 0 Å². The van der Waals surface area contributed by atoms with E-state index in [4.69, 9.17) is 14.2 Å². The first-order chi connectivity index (χ1) is 6.34. The van der Waals surface area contributed by atoms with E-state index in [2.05, 4.69) is 6.92 Å². The Morgan fingerprint density at radius 2 is 1.92 bits per heavy atom. The minimum absolute atomic E-state index is 0.287. The van der Waals surface area contributed by atoms with Crippen molar-refractivity contribution in [1.29, 1.82) is 0 Å². The monoisotopic (exact) mass is 178 g/mol. The second kappa shape index (κ2) is 2.39. The lowest BCUT2D eigenvalue weighted by atomic mass is 10.1. The average Bonchev–Trinajstić information content (AvgIpc) is 2.85. The van der Waals surface area contributed by atoms with Gasteiger partial charge in [-0.15, -0.1) is 0 Å². The molecule has 0 aromatic heterocycles. The third kappa shape index (κ3) is 1.08. The van der Waals surface area contributed by atoms with E-state index in [0.29, 0.717) is 6.79 Å². The summed E-state index contributed by atoms with van der Waals surface area (Å²) in [4.78, 5) is 0. The molecule has 0 aliphatic carbocycles. The summed E-state index contributed by atoms with van der Waals surface area (Å²) in [7, 11) is 0. The molecule has 0 radical (unpaired) electrons. The van der Waals surface area contributed by atoms with Gasteiger partial charge in [0.1, 0.15) is 6.10 Å². The van der Waals surface area contributed by atoms with Crippen molar-refractivity contribution in [1.82, 2.24) is 0 Å². The average molecular weight is 178 g/mol. The summed E-state index contributed by atoms with van der Waals surface area (Å²) in [5, 5.41) is 0. The molecule has 1 unspecified atom stereocenters. The Labute approximate surface area is 76.2 Å². The fourth-order valence-corrected chi connectivity index (χ4v) is 1.63. The van der Waals surface area contributed by atoms with Crippen molar-refractivity contribution < 1.29 is 14.2 Å². The lowest BCUT2D eigenvalue weighted by Crippen LogP contribution is -1.92. The van der Waals surface area contributed by atoms with Crippen molar-refractivity contribution in [3.05, 3.63) is 23.3 Å². The Hall–Kier alpha value is -1.22. The molecule has 68 valence electrons. The van der Waals surface area contributed by atoms with Crippen LogP contribution in [0.25, 0.3) is 0 Å². The van der Waals surface area contributed by atoms with Crippen LogP contribution >= 0.6 is 0 Å². The highest BCUT2D eigenvalue weighted by Crippen LogP contribution is 2.40. The molecule has 1 fully saturated rings. The SMILES string of the molecule is Cc1cc2c(cc1C1CO1)OCO2. The number of epoxide rings is 1. The first kappa shape index (κ1) is 7.21.